The number of hydrogen-bond donors (Lipinski definition) is 0. The van der Waals surface area contributed by atoms with Gasteiger partial charge in [0.05, 0.1) is 13.2 Å². The highest BCUT2D eigenvalue weighted by atomic mass is 32.1. The molecule has 3 heterocycles. The van der Waals surface area contributed by atoms with Gasteiger partial charge in [-0.3, -0.25) is 4.79 Å². The van der Waals surface area contributed by atoms with Crippen molar-refractivity contribution in [1.82, 2.24) is 14.9 Å². The number of aryl methyl sites for hydroxylation is 1. The van der Waals surface area contributed by atoms with Crippen molar-refractivity contribution in [2.75, 3.05) is 13.7 Å². The zero-order valence-corrected chi connectivity index (χ0v) is 13.8. The van der Waals surface area contributed by atoms with Crippen LogP contribution in [0.2, 0.25) is 0 Å². The van der Waals surface area contributed by atoms with Gasteiger partial charge in [0.2, 0.25) is 0 Å². The molecule has 1 aliphatic heterocycles. The summed E-state index contributed by atoms with van der Waals surface area (Å²) in [6.07, 6.45) is 3.32. The lowest BCUT2D eigenvalue weighted by Gasteiger charge is -2.23. The number of aromatic nitrogens is 2. The summed E-state index contributed by atoms with van der Waals surface area (Å²) in [5.41, 5.74) is 1.56. The fourth-order valence-electron chi connectivity index (χ4n) is 2.74. The quantitative estimate of drug-likeness (QED) is 0.808. The van der Waals surface area contributed by atoms with Gasteiger partial charge >= 0.3 is 5.97 Å². The Kier molecular flexibility index (Phi) is 4.38. The molecule has 1 saturated heterocycles. The van der Waals surface area contributed by atoms with Crippen molar-refractivity contribution >= 4 is 23.2 Å². The molecule has 120 valence electrons. The predicted octanol–water partition coefficient (Wildman–Crippen LogP) is 2.61. The van der Waals surface area contributed by atoms with E-state index < -0.39 is 5.97 Å². The first-order valence-electron chi connectivity index (χ1n) is 7.37. The summed E-state index contributed by atoms with van der Waals surface area (Å²) in [5.74, 6) is -0.652. The number of methoxy groups -OCH3 is 1. The van der Waals surface area contributed by atoms with E-state index in [2.05, 4.69) is 14.7 Å². The van der Waals surface area contributed by atoms with E-state index in [0.717, 1.165) is 23.5 Å². The van der Waals surface area contributed by atoms with Crippen molar-refractivity contribution in [3.8, 4) is 0 Å². The Balaban J connectivity index is 1.86. The van der Waals surface area contributed by atoms with Gasteiger partial charge in [-0.25, -0.2) is 14.8 Å². The van der Waals surface area contributed by atoms with Crippen molar-refractivity contribution in [3.63, 3.8) is 0 Å². The van der Waals surface area contributed by atoms with Crippen LogP contribution in [0, 0.1) is 6.92 Å². The Morgan fingerprint density at radius 3 is 2.96 bits per heavy atom. The van der Waals surface area contributed by atoms with Crippen LogP contribution in [0.4, 0.5) is 0 Å². The van der Waals surface area contributed by atoms with E-state index in [1.165, 1.54) is 19.4 Å². The maximum atomic E-state index is 12.8. The van der Waals surface area contributed by atoms with E-state index in [1.54, 1.807) is 17.4 Å². The minimum absolute atomic E-state index is 0.0101. The number of likely N-dealkylation sites (tertiary alicyclic amines) is 1. The summed E-state index contributed by atoms with van der Waals surface area (Å²) in [7, 11) is 1.29. The molecular formula is C16H17N3O3S. The number of ether oxygens (including phenoxy) is 1. The zero-order chi connectivity index (χ0) is 16.4. The molecule has 0 spiro atoms. The van der Waals surface area contributed by atoms with Crippen molar-refractivity contribution in [1.29, 1.82) is 0 Å². The van der Waals surface area contributed by atoms with Crippen molar-refractivity contribution in [2.45, 2.75) is 25.8 Å². The molecule has 23 heavy (non-hydrogen) atoms. The van der Waals surface area contributed by atoms with Crippen LogP contribution in [0.3, 0.4) is 0 Å². The lowest BCUT2D eigenvalue weighted by atomic mass is 10.1. The van der Waals surface area contributed by atoms with Gasteiger partial charge in [-0.05, 0) is 31.9 Å². The summed E-state index contributed by atoms with van der Waals surface area (Å²) in [6, 6.07) is 3.12. The van der Waals surface area contributed by atoms with E-state index >= 15 is 0 Å². The van der Waals surface area contributed by atoms with Crippen molar-refractivity contribution in [2.24, 2.45) is 0 Å². The molecular weight excluding hydrogens is 314 g/mol. The number of nitrogens with zero attached hydrogens (tertiary/aromatic N) is 3. The molecule has 2 aromatic heterocycles. The van der Waals surface area contributed by atoms with E-state index in [9.17, 15) is 9.59 Å². The third-order valence-electron chi connectivity index (χ3n) is 3.84. The van der Waals surface area contributed by atoms with E-state index in [4.69, 9.17) is 0 Å². The molecule has 0 saturated carbocycles. The number of amides is 1. The Bertz CT molecular complexity index is 744. The number of thiazole rings is 1. The Hall–Kier alpha value is -2.28. The van der Waals surface area contributed by atoms with E-state index in [1.807, 2.05) is 17.2 Å². The molecule has 2 aromatic rings. The summed E-state index contributed by atoms with van der Waals surface area (Å²) in [5, 5.41) is 2.97. The smallest absolute Gasteiger partial charge is 0.356 e. The van der Waals surface area contributed by atoms with Crippen LogP contribution in [-0.4, -0.2) is 40.4 Å². The van der Waals surface area contributed by atoms with Crippen LogP contribution in [0.15, 0.2) is 23.7 Å². The first-order chi connectivity index (χ1) is 11.1. The predicted molar refractivity (Wildman–Crippen MR) is 85.4 cm³/mol. The highest BCUT2D eigenvalue weighted by molar-refractivity contribution is 7.09. The molecule has 0 aromatic carbocycles. The largest absolute Gasteiger partial charge is 0.464 e. The monoisotopic (exact) mass is 331 g/mol. The topological polar surface area (TPSA) is 72.4 Å². The normalized spacial score (nSPS) is 17.3. The Morgan fingerprint density at radius 2 is 2.26 bits per heavy atom. The highest BCUT2D eigenvalue weighted by Gasteiger charge is 2.32. The average Bonchev–Trinajstić information content (AvgIpc) is 3.22. The number of pyridine rings is 1. The van der Waals surface area contributed by atoms with E-state index in [0.29, 0.717) is 12.1 Å². The molecule has 0 N–H and O–H groups in total. The molecule has 1 aliphatic rings. The minimum atomic E-state index is -0.548. The van der Waals surface area contributed by atoms with Crippen LogP contribution < -0.4 is 0 Å². The number of carbonyl (C=O) groups is 2. The number of carbonyl (C=O) groups excluding carboxylic acids is 2. The molecule has 0 bridgehead atoms. The van der Waals surface area contributed by atoms with Crippen LogP contribution >= 0.6 is 11.3 Å². The SMILES string of the molecule is COC(=O)c1cc(C(=O)N2CCC[C@@H]2c2nc(C)cs2)ccn1. The third kappa shape index (κ3) is 3.10. The van der Waals surface area contributed by atoms with Gasteiger partial charge in [0, 0.05) is 29.4 Å². The fourth-order valence-corrected chi connectivity index (χ4v) is 3.68. The lowest BCUT2D eigenvalue weighted by molar-refractivity contribution is 0.0594. The van der Waals surface area contributed by atoms with E-state index in [-0.39, 0.29) is 17.6 Å². The van der Waals surface area contributed by atoms with Crippen LogP contribution in [0.5, 0.6) is 0 Å². The molecule has 3 rings (SSSR count). The highest BCUT2D eigenvalue weighted by Crippen LogP contribution is 2.34. The van der Waals surface area contributed by atoms with Crippen LogP contribution in [0.1, 0.15) is 50.4 Å². The van der Waals surface area contributed by atoms with Gasteiger partial charge in [-0.1, -0.05) is 0 Å². The summed E-state index contributed by atoms with van der Waals surface area (Å²) >= 11 is 1.58. The molecule has 1 amide bonds. The maximum Gasteiger partial charge on any atom is 0.356 e. The first kappa shape index (κ1) is 15.6. The summed E-state index contributed by atoms with van der Waals surface area (Å²) < 4.78 is 4.66. The maximum absolute atomic E-state index is 12.8. The van der Waals surface area contributed by atoms with Gasteiger partial charge in [-0.2, -0.15) is 0 Å². The van der Waals surface area contributed by atoms with Gasteiger partial charge in [0.25, 0.3) is 5.91 Å². The van der Waals surface area contributed by atoms with Crippen LogP contribution in [-0.2, 0) is 4.74 Å². The molecule has 0 radical (unpaired) electrons. The molecule has 0 aliphatic carbocycles. The summed E-state index contributed by atoms with van der Waals surface area (Å²) in [6.45, 7) is 2.64. The second-order valence-corrected chi connectivity index (χ2v) is 6.29. The Labute approximate surface area is 138 Å². The Morgan fingerprint density at radius 1 is 1.43 bits per heavy atom. The van der Waals surface area contributed by atoms with Gasteiger partial charge in [0.15, 0.2) is 0 Å². The molecule has 0 unspecified atom stereocenters. The fraction of sp³-hybridized carbons (Fsp3) is 0.375. The minimum Gasteiger partial charge on any atom is -0.464 e. The summed E-state index contributed by atoms with van der Waals surface area (Å²) in [4.78, 5) is 34.7. The zero-order valence-electron chi connectivity index (χ0n) is 13.0. The third-order valence-corrected chi connectivity index (χ3v) is 4.90. The molecule has 6 nitrogen and oxygen atoms in total. The lowest BCUT2D eigenvalue weighted by Crippen LogP contribution is -2.30. The standard InChI is InChI=1S/C16H17N3O3S/c1-10-9-23-14(18-10)13-4-3-7-19(13)15(20)11-5-6-17-12(8-11)16(21)22-2/h5-6,8-9,13H,3-4,7H2,1-2H3/t13-/m1/s1. The first-order valence-corrected chi connectivity index (χ1v) is 8.25. The van der Waals surface area contributed by atoms with Gasteiger partial charge < -0.3 is 9.64 Å². The number of esters is 1. The molecule has 1 atom stereocenters. The number of rotatable bonds is 3. The average molecular weight is 331 g/mol. The second kappa shape index (κ2) is 6.45. The number of hydrogen-bond acceptors (Lipinski definition) is 6. The molecule has 1 fully saturated rings. The molecule has 7 heteroatoms. The van der Waals surface area contributed by atoms with Crippen LogP contribution in [0.25, 0.3) is 0 Å². The van der Waals surface area contributed by atoms with Gasteiger partial charge in [-0.15, -0.1) is 11.3 Å². The second-order valence-electron chi connectivity index (χ2n) is 5.41. The van der Waals surface area contributed by atoms with Gasteiger partial charge in [0.1, 0.15) is 10.7 Å². The van der Waals surface area contributed by atoms with Crippen molar-refractivity contribution < 1.29 is 14.3 Å². The van der Waals surface area contributed by atoms with Crippen molar-refractivity contribution in [3.05, 3.63) is 45.7 Å².